The zero-order chi connectivity index (χ0) is 19.6. The van der Waals surface area contributed by atoms with Gasteiger partial charge in [-0.15, -0.1) is 0 Å². The monoisotopic (exact) mass is 391 g/mol. The highest BCUT2D eigenvalue weighted by molar-refractivity contribution is 7.07. The molecule has 2 rings (SSSR count). The number of hydrogen-bond donors (Lipinski definition) is 2. The van der Waals surface area contributed by atoms with Gasteiger partial charge in [0.15, 0.2) is 17.5 Å². The third-order valence-corrected chi connectivity index (χ3v) is 4.88. The number of thiophene rings is 1. The minimum atomic E-state index is 0.418. The molecule has 1 aromatic carbocycles. The van der Waals surface area contributed by atoms with E-state index < -0.39 is 0 Å². The molecular formula is C20H29N3O3S. The Labute approximate surface area is 165 Å². The summed E-state index contributed by atoms with van der Waals surface area (Å²) in [5.74, 6) is 3.05. The first-order valence-corrected chi connectivity index (χ1v) is 9.90. The van der Waals surface area contributed by atoms with Gasteiger partial charge in [-0.1, -0.05) is 6.92 Å². The molecule has 1 heterocycles. The fourth-order valence-electron chi connectivity index (χ4n) is 2.66. The quantitative estimate of drug-likeness (QED) is 0.505. The Kier molecular flexibility index (Phi) is 8.26. The molecule has 1 atom stereocenters. The molecule has 1 unspecified atom stereocenters. The van der Waals surface area contributed by atoms with Crippen LogP contribution in [0.2, 0.25) is 0 Å². The number of aliphatic imine (C=N–C) groups is 1. The van der Waals surface area contributed by atoms with Crippen LogP contribution in [0.15, 0.2) is 34.0 Å². The summed E-state index contributed by atoms with van der Waals surface area (Å²) in [5.41, 5.74) is 2.32. The summed E-state index contributed by atoms with van der Waals surface area (Å²) >= 11 is 1.72. The summed E-state index contributed by atoms with van der Waals surface area (Å²) < 4.78 is 16.2. The van der Waals surface area contributed by atoms with E-state index in [9.17, 15) is 0 Å². The number of nitrogens with one attached hydrogen (secondary N) is 2. The van der Waals surface area contributed by atoms with E-state index >= 15 is 0 Å². The van der Waals surface area contributed by atoms with Crippen LogP contribution in [-0.2, 0) is 6.54 Å². The number of benzene rings is 1. The molecule has 6 nitrogen and oxygen atoms in total. The van der Waals surface area contributed by atoms with Crippen molar-refractivity contribution in [2.45, 2.75) is 26.3 Å². The van der Waals surface area contributed by atoms with E-state index in [4.69, 9.17) is 14.2 Å². The molecule has 0 saturated carbocycles. The fraction of sp³-hybridized carbons (Fsp3) is 0.450. The zero-order valence-electron chi connectivity index (χ0n) is 16.7. The van der Waals surface area contributed by atoms with Gasteiger partial charge in [0.25, 0.3) is 0 Å². The Hall–Kier alpha value is -2.41. The van der Waals surface area contributed by atoms with Gasteiger partial charge < -0.3 is 24.8 Å². The molecule has 0 bridgehead atoms. The van der Waals surface area contributed by atoms with Crippen molar-refractivity contribution in [1.29, 1.82) is 0 Å². The van der Waals surface area contributed by atoms with Crippen LogP contribution in [-0.4, -0.2) is 40.4 Å². The first-order chi connectivity index (χ1) is 13.1. The van der Waals surface area contributed by atoms with E-state index in [0.29, 0.717) is 29.7 Å². The van der Waals surface area contributed by atoms with Gasteiger partial charge in [0.2, 0.25) is 5.75 Å². The van der Waals surface area contributed by atoms with Gasteiger partial charge in [-0.05, 0) is 52.9 Å². The Balaban J connectivity index is 2.09. The topological polar surface area (TPSA) is 64.1 Å². The Morgan fingerprint density at radius 3 is 2.33 bits per heavy atom. The highest BCUT2D eigenvalue weighted by Crippen LogP contribution is 2.38. The van der Waals surface area contributed by atoms with Crippen molar-refractivity contribution in [3.05, 3.63) is 40.1 Å². The second-order valence-electron chi connectivity index (χ2n) is 6.07. The molecule has 27 heavy (non-hydrogen) atoms. The van der Waals surface area contributed by atoms with E-state index in [0.717, 1.165) is 24.6 Å². The van der Waals surface area contributed by atoms with Crippen molar-refractivity contribution < 1.29 is 14.2 Å². The zero-order valence-corrected chi connectivity index (χ0v) is 17.5. The molecule has 0 aliphatic rings. The van der Waals surface area contributed by atoms with Crippen LogP contribution in [0.3, 0.4) is 0 Å². The van der Waals surface area contributed by atoms with Crippen LogP contribution in [0.5, 0.6) is 17.2 Å². The van der Waals surface area contributed by atoms with Crippen molar-refractivity contribution in [2.24, 2.45) is 4.99 Å². The lowest BCUT2D eigenvalue weighted by Gasteiger charge is -2.16. The number of nitrogens with zero attached hydrogens (tertiary/aromatic N) is 1. The molecule has 0 amide bonds. The Bertz CT molecular complexity index is 707. The number of guanidine groups is 1. The molecule has 2 N–H and O–H groups in total. The highest BCUT2D eigenvalue weighted by atomic mass is 32.1. The molecular weight excluding hydrogens is 362 g/mol. The van der Waals surface area contributed by atoms with E-state index in [1.165, 1.54) is 5.56 Å². The summed E-state index contributed by atoms with van der Waals surface area (Å²) in [6, 6.07) is 6.00. The number of ether oxygens (including phenoxy) is 3. The average molecular weight is 392 g/mol. The van der Waals surface area contributed by atoms with Gasteiger partial charge in [-0.2, -0.15) is 11.3 Å². The number of hydrogen-bond acceptors (Lipinski definition) is 5. The number of rotatable bonds is 9. The highest BCUT2D eigenvalue weighted by Gasteiger charge is 2.13. The molecule has 148 valence electrons. The smallest absolute Gasteiger partial charge is 0.203 e. The van der Waals surface area contributed by atoms with Crippen LogP contribution >= 0.6 is 11.3 Å². The molecule has 2 aromatic rings. The lowest BCUT2D eigenvalue weighted by molar-refractivity contribution is 0.324. The third kappa shape index (κ3) is 5.79. The lowest BCUT2D eigenvalue weighted by Crippen LogP contribution is -2.39. The summed E-state index contributed by atoms with van der Waals surface area (Å²) in [6.07, 6.45) is 0. The normalized spacial score (nSPS) is 12.4. The maximum Gasteiger partial charge on any atom is 0.203 e. The minimum absolute atomic E-state index is 0.418. The largest absolute Gasteiger partial charge is 0.493 e. The second-order valence-corrected chi connectivity index (χ2v) is 6.85. The maximum atomic E-state index is 5.41. The molecule has 7 heteroatoms. The molecule has 1 aromatic heterocycles. The van der Waals surface area contributed by atoms with Crippen LogP contribution in [0.4, 0.5) is 0 Å². The van der Waals surface area contributed by atoms with Gasteiger partial charge in [0, 0.05) is 13.1 Å². The number of methoxy groups -OCH3 is 3. The average Bonchev–Trinajstić information content (AvgIpc) is 3.23. The summed E-state index contributed by atoms with van der Waals surface area (Å²) in [5, 5.41) is 11.0. The molecule has 0 fully saturated rings. The fourth-order valence-corrected chi connectivity index (χ4v) is 3.44. The summed E-state index contributed by atoms with van der Waals surface area (Å²) in [6.45, 7) is 6.38. The second kappa shape index (κ2) is 10.7. The summed E-state index contributed by atoms with van der Waals surface area (Å²) in [7, 11) is 4.82. The van der Waals surface area contributed by atoms with Crippen LogP contribution in [0.25, 0.3) is 0 Å². The predicted octanol–water partition coefficient (Wildman–Crippen LogP) is 3.63. The molecule has 0 saturated heterocycles. The third-order valence-electron chi connectivity index (χ3n) is 4.18. The molecule has 0 aliphatic heterocycles. The molecule has 0 spiro atoms. The first-order valence-electron chi connectivity index (χ1n) is 8.96. The molecule has 0 radical (unpaired) electrons. The lowest BCUT2D eigenvalue weighted by atomic mass is 10.1. The minimum Gasteiger partial charge on any atom is -0.493 e. The van der Waals surface area contributed by atoms with Gasteiger partial charge in [-0.25, -0.2) is 4.99 Å². The van der Waals surface area contributed by atoms with Crippen molar-refractivity contribution in [3.8, 4) is 17.2 Å². The van der Waals surface area contributed by atoms with E-state index in [1.807, 2.05) is 12.1 Å². The van der Waals surface area contributed by atoms with Crippen LogP contribution in [0, 0.1) is 0 Å². The Morgan fingerprint density at radius 1 is 1.11 bits per heavy atom. The van der Waals surface area contributed by atoms with Crippen LogP contribution in [0.1, 0.15) is 30.9 Å². The van der Waals surface area contributed by atoms with E-state index in [1.54, 1.807) is 32.7 Å². The van der Waals surface area contributed by atoms with E-state index in [2.05, 4.69) is 46.3 Å². The summed E-state index contributed by atoms with van der Waals surface area (Å²) in [4.78, 5) is 4.69. The predicted molar refractivity (Wildman–Crippen MR) is 112 cm³/mol. The van der Waals surface area contributed by atoms with E-state index in [-0.39, 0.29) is 0 Å². The molecule has 0 aliphatic carbocycles. The van der Waals surface area contributed by atoms with Gasteiger partial charge >= 0.3 is 0 Å². The Morgan fingerprint density at radius 2 is 1.81 bits per heavy atom. The standard InChI is InChI=1S/C20H29N3O3S/c1-6-21-20(22-11-14(2)16-7-8-27-13-16)23-12-15-9-17(24-3)19(26-5)18(10-15)25-4/h7-10,13-14H,6,11-12H2,1-5H3,(H2,21,22,23). The van der Waals surface area contributed by atoms with Gasteiger partial charge in [0.05, 0.1) is 27.9 Å². The van der Waals surface area contributed by atoms with Gasteiger partial charge in [-0.3, -0.25) is 0 Å². The maximum absolute atomic E-state index is 5.41. The van der Waals surface area contributed by atoms with Crippen LogP contribution < -0.4 is 24.8 Å². The first kappa shape index (κ1) is 20.9. The van der Waals surface area contributed by atoms with Crippen molar-refractivity contribution in [2.75, 3.05) is 34.4 Å². The SMILES string of the molecule is CCNC(=NCc1cc(OC)c(OC)c(OC)c1)NCC(C)c1ccsc1. The van der Waals surface area contributed by atoms with Gasteiger partial charge in [0.1, 0.15) is 0 Å². The van der Waals surface area contributed by atoms with Crippen molar-refractivity contribution in [3.63, 3.8) is 0 Å². The van der Waals surface area contributed by atoms with Crippen molar-refractivity contribution in [1.82, 2.24) is 10.6 Å². The van der Waals surface area contributed by atoms with Crippen molar-refractivity contribution >= 4 is 17.3 Å².